The molecule has 1 amide bonds. The quantitative estimate of drug-likeness (QED) is 0.873. The van der Waals surface area contributed by atoms with Crippen molar-refractivity contribution >= 4 is 11.9 Å². The molecular formula is C16H21NO4. The van der Waals surface area contributed by atoms with Crippen LogP contribution in [-0.4, -0.2) is 30.6 Å². The molecule has 1 saturated carbocycles. The number of hydrogen-bond donors (Lipinski definition) is 2. The molecular weight excluding hydrogens is 270 g/mol. The van der Waals surface area contributed by atoms with E-state index in [9.17, 15) is 14.7 Å². The standard InChI is InChI=1S/C16H21NO4/c1-21-13-7-5-12(6-8-13)14(18)17-11-16(15(19)20)9-3-2-4-10-16/h5-8H,2-4,9-11H2,1H3,(H,17,18)(H,19,20). The highest BCUT2D eigenvalue weighted by Crippen LogP contribution is 2.36. The maximum Gasteiger partial charge on any atom is 0.311 e. The zero-order valence-corrected chi connectivity index (χ0v) is 12.2. The summed E-state index contributed by atoms with van der Waals surface area (Å²) >= 11 is 0. The largest absolute Gasteiger partial charge is 0.497 e. The van der Waals surface area contributed by atoms with Crippen LogP contribution in [0.15, 0.2) is 24.3 Å². The number of nitrogens with one attached hydrogen (secondary N) is 1. The Bertz CT molecular complexity index is 504. The van der Waals surface area contributed by atoms with Gasteiger partial charge in [0.15, 0.2) is 0 Å². The van der Waals surface area contributed by atoms with Crippen LogP contribution in [-0.2, 0) is 4.79 Å². The average Bonchev–Trinajstić information content (AvgIpc) is 2.53. The van der Waals surface area contributed by atoms with E-state index in [1.807, 2.05) is 0 Å². The Balaban J connectivity index is 1.99. The van der Waals surface area contributed by atoms with Crippen molar-refractivity contribution in [3.63, 3.8) is 0 Å². The number of ether oxygens (including phenoxy) is 1. The second kappa shape index (κ2) is 6.61. The summed E-state index contributed by atoms with van der Waals surface area (Å²) in [6.45, 7) is 0.188. The van der Waals surface area contributed by atoms with E-state index < -0.39 is 11.4 Å². The number of rotatable bonds is 5. The van der Waals surface area contributed by atoms with Crippen LogP contribution in [0.2, 0.25) is 0 Å². The fourth-order valence-corrected chi connectivity index (χ4v) is 2.79. The number of hydrogen-bond acceptors (Lipinski definition) is 3. The first-order valence-electron chi connectivity index (χ1n) is 7.23. The lowest BCUT2D eigenvalue weighted by atomic mass is 9.74. The van der Waals surface area contributed by atoms with Gasteiger partial charge in [0.1, 0.15) is 5.75 Å². The minimum absolute atomic E-state index is 0.188. The van der Waals surface area contributed by atoms with Crippen molar-refractivity contribution in [3.8, 4) is 5.75 Å². The molecule has 0 aliphatic heterocycles. The maximum atomic E-state index is 12.1. The van der Waals surface area contributed by atoms with E-state index in [0.717, 1.165) is 19.3 Å². The van der Waals surface area contributed by atoms with Crippen LogP contribution in [0, 0.1) is 5.41 Å². The lowest BCUT2D eigenvalue weighted by molar-refractivity contribution is -0.150. The summed E-state index contributed by atoms with van der Waals surface area (Å²) in [5, 5.41) is 12.2. The SMILES string of the molecule is COc1ccc(C(=O)NCC2(C(=O)O)CCCCC2)cc1. The van der Waals surface area contributed by atoms with Gasteiger partial charge in [0.2, 0.25) is 0 Å². The molecule has 1 aliphatic carbocycles. The number of aliphatic carboxylic acids is 1. The lowest BCUT2D eigenvalue weighted by Crippen LogP contribution is -2.44. The second-order valence-electron chi connectivity index (χ2n) is 5.56. The molecule has 0 saturated heterocycles. The van der Waals surface area contributed by atoms with Crippen LogP contribution in [0.4, 0.5) is 0 Å². The zero-order valence-electron chi connectivity index (χ0n) is 12.2. The Kier molecular flexibility index (Phi) is 4.83. The van der Waals surface area contributed by atoms with Crippen molar-refractivity contribution in [2.24, 2.45) is 5.41 Å². The van der Waals surface area contributed by atoms with Crippen LogP contribution in [0.25, 0.3) is 0 Å². The van der Waals surface area contributed by atoms with Crippen molar-refractivity contribution in [3.05, 3.63) is 29.8 Å². The number of amides is 1. The fourth-order valence-electron chi connectivity index (χ4n) is 2.79. The molecule has 1 aliphatic rings. The summed E-state index contributed by atoms with van der Waals surface area (Å²) in [5.74, 6) is -0.373. The summed E-state index contributed by atoms with van der Waals surface area (Å²) < 4.78 is 5.04. The van der Waals surface area contributed by atoms with E-state index in [2.05, 4.69) is 5.32 Å². The smallest absolute Gasteiger partial charge is 0.311 e. The highest BCUT2D eigenvalue weighted by molar-refractivity contribution is 5.94. The topological polar surface area (TPSA) is 75.6 Å². The summed E-state index contributed by atoms with van der Waals surface area (Å²) in [4.78, 5) is 23.6. The Morgan fingerprint density at radius 2 is 1.81 bits per heavy atom. The normalized spacial score (nSPS) is 17.0. The van der Waals surface area contributed by atoms with Crippen molar-refractivity contribution in [1.82, 2.24) is 5.32 Å². The third-order valence-corrected chi connectivity index (χ3v) is 4.20. The van der Waals surface area contributed by atoms with E-state index in [0.29, 0.717) is 24.2 Å². The van der Waals surface area contributed by atoms with Gasteiger partial charge in [0.05, 0.1) is 12.5 Å². The van der Waals surface area contributed by atoms with Gasteiger partial charge in [-0.05, 0) is 37.1 Å². The minimum Gasteiger partial charge on any atom is -0.497 e. The molecule has 114 valence electrons. The van der Waals surface area contributed by atoms with E-state index in [1.165, 1.54) is 0 Å². The molecule has 0 heterocycles. The van der Waals surface area contributed by atoms with Crippen LogP contribution in [0.1, 0.15) is 42.5 Å². The third-order valence-electron chi connectivity index (χ3n) is 4.20. The predicted octanol–water partition coefficient (Wildman–Crippen LogP) is 2.46. The number of methoxy groups -OCH3 is 1. The van der Waals surface area contributed by atoms with Crippen molar-refractivity contribution in [2.45, 2.75) is 32.1 Å². The highest BCUT2D eigenvalue weighted by Gasteiger charge is 2.39. The lowest BCUT2D eigenvalue weighted by Gasteiger charge is -2.33. The number of carbonyl (C=O) groups excluding carboxylic acids is 1. The van der Waals surface area contributed by atoms with Gasteiger partial charge < -0.3 is 15.2 Å². The zero-order chi connectivity index (χ0) is 15.3. The third kappa shape index (κ3) is 3.54. The second-order valence-corrected chi connectivity index (χ2v) is 5.56. The predicted molar refractivity (Wildman–Crippen MR) is 78.5 cm³/mol. The Hall–Kier alpha value is -2.04. The average molecular weight is 291 g/mol. The van der Waals surface area contributed by atoms with Gasteiger partial charge in [-0.15, -0.1) is 0 Å². The monoisotopic (exact) mass is 291 g/mol. The first-order chi connectivity index (χ1) is 10.1. The number of benzene rings is 1. The Morgan fingerprint density at radius 3 is 2.33 bits per heavy atom. The van der Waals surface area contributed by atoms with Crippen molar-refractivity contribution < 1.29 is 19.4 Å². The molecule has 0 unspecified atom stereocenters. The molecule has 0 bridgehead atoms. The minimum atomic E-state index is -0.808. The van der Waals surface area contributed by atoms with E-state index in [4.69, 9.17) is 4.74 Å². The molecule has 2 N–H and O–H groups in total. The van der Waals surface area contributed by atoms with E-state index in [1.54, 1.807) is 31.4 Å². The van der Waals surface area contributed by atoms with Crippen LogP contribution in [0.3, 0.4) is 0 Å². The first kappa shape index (κ1) is 15.4. The molecule has 21 heavy (non-hydrogen) atoms. The molecule has 5 nitrogen and oxygen atoms in total. The Morgan fingerprint density at radius 1 is 1.19 bits per heavy atom. The molecule has 2 rings (SSSR count). The van der Waals surface area contributed by atoms with E-state index >= 15 is 0 Å². The summed E-state index contributed by atoms with van der Waals surface area (Å²) in [5.41, 5.74) is -0.299. The Labute approximate surface area is 124 Å². The molecule has 0 radical (unpaired) electrons. The van der Waals surface area contributed by atoms with Gasteiger partial charge in [0.25, 0.3) is 5.91 Å². The molecule has 1 fully saturated rings. The van der Waals surface area contributed by atoms with Crippen molar-refractivity contribution in [1.29, 1.82) is 0 Å². The number of carboxylic acids is 1. The van der Waals surface area contributed by atoms with Gasteiger partial charge in [0, 0.05) is 12.1 Å². The van der Waals surface area contributed by atoms with Crippen LogP contribution in [0.5, 0.6) is 5.75 Å². The summed E-state index contributed by atoms with van der Waals surface area (Å²) in [7, 11) is 1.56. The van der Waals surface area contributed by atoms with Crippen LogP contribution < -0.4 is 10.1 Å². The van der Waals surface area contributed by atoms with E-state index in [-0.39, 0.29) is 12.5 Å². The molecule has 1 aromatic carbocycles. The maximum absolute atomic E-state index is 12.1. The van der Waals surface area contributed by atoms with Gasteiger partial charge in [-0.25, -0.2) is 0 Å². The molecule has 5 heteroatoms. The summed E-state index contributed by atoms with van der Waals surface area (Å²) in [6.07, 6.45) is 4.15. The molecule has 0 atom stereocenters. The van der Waals surface area contributed by atoms with Gasteiger partial charge in [-0.3, -0.25) is 9.59 Å². The van der Waals surface area contributed by atoms with Gasteiger partial charge in [-0.2, -0.15) is 0 Å². The fraction of sp³-hybridized carbons (Fsp3) is 0.500. The van der Waals surface area contributed by atoms with Crippen LogP contribution >= 0.6 is 0 Å². The molecule has 1 aromatic rings. The summed E-state index contributed by atoms with van der Waals surface area (Å²) in [6, 6.07) is 6.76. The number of carbonyl (C=O) groups is 2. The van der Waals surface area contributed by atoms with Gasteiger partial charge in [-0.1, -0.05) is 19.3 Å². The highest BCUT2D eigenvalue weighted by atomic mass is 16.5. The first-order valence-corrected chi connectivity index (χ1v) is 7.23. The van der Waals surface area contributed by atoms with Crippen molar-refractivity contribution in [2.75, 3.05) is 13.7 Å². The molecule has 0 spiro atoms. The van der Waals surface area contributed by atoms with Gasteiger partial charge >= 0.3 is 5.97 Å². The number of carboxylic acid groups (broad SMARTS) is 1. The molecule has 0 aromatic heterocycles.